The third kappa shape index (κ3) is 6.03. The standard InChI is InChI=1S/C27H25F3N4O3/c1-32-11-13-33(14-12-32)22-4-2-3-19(15-22)17-34-18-21(7-10-26(34)35)25-16-24(31-37-25)20-5-8-23(9-6-20)36-27(28,29)30/h2-10,15-16,18H,11-14,17H2,1H3. The molecule has 4 aromatic rings. The Balaban J connectivity index is 1.33. The molecular formula is C27H25F3N4O3. The maximum atomic E-state index is 12.6. The monoisotopic (exact) mass is 510 g/mol. The Kier molecular flexibility index (Phi) is 6.75. The van der Waals surface area contributed by atoms with Gasteiger partial charge in [-0.15, -0.1) is 13.2 Å². The van der Waals surface area contributed by atoms with Crippen molar-refractivity contribution in [3.05, 3.63) is 88.8 Å². The summed E-state index contributed by atoms with van der Waals surface area (Å²) in [6, 6.07) is 18.4. The number of alkyl halides is 3. The SMILES string of the molecule is CN1CCN(c2cccc(Cn3cc(-c4cc(-c5ccc(OC(F)(F)F)cc5)no4)ccc3=O)c2)CC1. The van der Waals surface area contributed by atoms with Gasteiger partial charge in [-0.05, 0) is 55.1 Å². The molecule has 0 N–H and O–H groups in total. The lowest BCUT2D eigenvalue weighted by molar-refractivity contribution is -0.274. The molecule has 0 unspecified atom stereocenters. The Morgan fingerprint density at radius 1 is 0.946 bits per heavy atom. The number of pyridine rings is 1. The van der Waals surface area contributed by atoms with E-state index in [0.717, 1.165) is 37.4 Å². The van der Waals surface area contributed by atoms with Gasteiger partial charge in [-0.25, -0.2) is 0 Å². The Labute approximate surface area is 211 Å². The van der Waals surface area contributed by atoms with Crippen LogP contribution in [0.4, 0.5) is 18.9 Å². The molecule has 1 aliphatic rings. The summed E-state index contributed by atoms with van der Waals surface area (Å²) >= 11 is 0. The number of ether oxygens (including phenoxy) is 1. The van der Waals surface area contributed by atoms with Crippen molar-refractivity contribution in [3.8, 4) is 28.3 Å². The molecule has 7 nitrogen and oxygen atoms in total. The molecule has 0 bridgehead atoms. The van der Waals surface area contributed by atoms with Crippen LogP contribution in [-0.4, -0.2) is 54.2 Å². The maximum Gasteiger partial charge on any atom is 0.573 e. The first-order valence-corrected chi connectivity index (χ1v) is 11.8. The van der Waals surface area contributed by atoms with E-state index in [0.29, 0.717) is 29.1 Å². The minimum absolute atomic E-state index is 0.145. The highest BCUT2D eigenvalue weighted by atomic mass is 19.4. The van der Waals surface area contributed by atoms with Crippen LogP contribution in [0, 0.1) is 0 Å². The van der Waals surface area contributed by atoms with E-state index in [4.69, 9.17) is 4.52 Å². The predicted molar refractivity (Wildman–Crippen MR) is 134 cm³/mol. The Hall–Kier alpha value is -4.05. The number of rotatable bonds is 6. The Morgan fingerprint density at radius 2 is 1.68 bits per heavy atom. The summed E-state index contributed by atoms with van der Waals surface area (Å²) in [6.07, 6.45) is -3.03. The molecule has 1 aliphatic heterocycles. The lowest BCUT2D eigenvalue weighted by Crippen LogP contribution is -2.44. The maximum absolute atomic E-state index is 12.6. The van der Waals surface area contributed by atoms with E-state index in [-0.39, 0.29) is 11.3 Å². The minimum Gasteiger partial charge on any atom is -0.406 e. The molecule has 0 atom stereocenters. The molecule has 5 rings (SSSR count). The molecule has 192 valence electrons. The zero-order chi connectivity index (χ0) is 26.0. The molecule has 0 aliphatic carbocycles. The van der Waals surface area contributed by atoms with Gasteiger partial charge in [-0.3, -0.25) is 4.79 Å². The van der Waals surface area contributed by atoms with Crippen LogP contribution in [0.15, 0.2) is 82.2 Å². The van der Waals surface area contributed by atoms with E-state index in [1.807, 2.05) is 12.1 Å². The number of hydrogen-bond acceptors (Lipinski definition) is 6. The molecule has 10 heteroatoms. The third-order valence-electron chi connectivity index (χ3n) is 6.29. The fraction of sp³-hybridized carbons (Fsp3) is 0.259. The summed E-state index contributed by atoms with van der Waals surface area (Å²) in [5.41, 5.74) is 3.68. The highest BCUT2D eigenvalue weighted by Gasteiger charge is 2.31. The summed E-state index contributed by atoms with van der Waals surface area (Å²) < 4.78 is 48.2. The second-order valence-electron chi connectivity index (χ2n) is 8.99. The van der Waals surface area contributed by atoms with Gasteiger partial charge in [0.2, 0.25) is 0 Å². The number of halogens is 3. The van der Waals surface area contributed by atoms with Gasteiger partial charge in [0.05, 0.1) is 6.54 Å². The van der Waals surface area contributed by atoms with Gasteiger partial charge >= 0.3 is 6.36 Å². The predicted octanol–water partition coefficient (Wildman–Crippen LogP) is 4.87. The molecule has 37 heavy (non-hydrogen) atoms. The molecule has 0 spiro atoms. The van der Waals surface area contributed by atoms with E-state index in [1.165, 1.54) is 30.3 Å². The van der Waals surface area contributed by atoms with Crippen molar-refractivity contribution >= 4 is 5.69 Å². The molecule has 3 heterocycles. The smallest absolute Gasteiger partial charge is 0.406 e. The number of likely N-dealkylation sites (N-methyl/N-ethyl adjacent to an activating group) is 1. The summed E-state index contributed by atoms with van der Waals surface area (Å²) in [6.45, 7) is 4.34. The Morgan fingerprint density at radius 3 is 2.41 bits per heavy atom. The zero-order valence-electron chi connectivity index (χ0n) is 20.1. The van der Waals surface area contributed by atoms with Gasteiger partial charge in [0.1, 0.15) is 11.4 Å². The lowest BCUT2D eigenvalue weighted by atomic mass is 10.1. The number of nitrogens with zero attached hydrogens (tertiary/aromatic N) is 4. The fourth-order valence-electron chi connectivity index (χ4n) is 4.29. The van der Waals surface area contributed by atoms with Crippen molar-refractivity contribution in [2.24, 2.45) is 0 Å². The van der Waals surface area contributed by atoms with E-state index in [9.17, 15) is 18.0 Å². The average Bonchev–Trinajstić information content (AvgIpc) is 3.36. The van der Waals surface area contributed by atoms with E-state index >= 15 is 0 Å². The number of piperazine rings is 1. The van der Waals surface area contributed by atoms with Gasteiger partial charge in [-0.2, -0.15) is 0 Å². The fourth-order valence-corrected chi connectivity index (χ4v) is 4.29. The molecule has 0 amide bonds. The second kappa shape index (κ2) is 10.1. The topological polar surface area (TPSA) is 63.7 Å². The Bertz CT molecular complexity index is 1420. The van der Waals surface area contributed by atoms with E-state index < -0.39 is 6.36 Å². The van der Waals surface area contributed by atoms with Crippen LogP contribution >= 0.6 is 0 Å². The molecule has 0 saturated carbocycles. The first-order valence-electron chi connectivity index (χ1n) is 11.8. The summed E-state index contributed by atoms with van der Waals surface area (Å²) in [5.74, 6) is 0.120. The van der Waals surface area contributed by atoms with Crippen molar-refractivity contribution in [1.82, 2.24) is 14.6 Å². The van der Waals surface area contributed by atoms with Crippen molar-refractivity contribution in [2.45, 2.75) is 12.9 Å². The van der Waals surface area contributed by atoms with Gasteiger partial charge in [-0.1, -0.05) is 17.3 Å². The molecule has 2 aromatic heterocycles. The minimum atomic E-state index is -4.75. The zero-order valence-corrected chi connectivity index (χ0v) is 20.1. The van der Waals surface area contributed by atoms with Crippen molar-refractivity contribution in [3.63, 3.8) is 0 Å². The number of hydrogen-bond donors (Lipinski definition) is 0. The highest BCUT2D eigenvalue weighted by molar-refractivity contribution is 5.66. The highest BCUT2D eigenvalue weighted by Crippen LogP contribution is 2.29. The van der Waals surface area contributed by atoms with Crippen molar-refractivity contribution in [1.29, 1.82) is 0 Å². The molecule has 1 fully saturated rings. The van der Waals surface area contributed by atoms with Crippen molar-refractivity contribution < 1.29 is 22.4 Å². The van der Waals surface area contributed by atoms with Gasteiger partial charge in [0.15, 0.2) is 5.76 Å². The van der Waals surface area contributed by atoms with Crippen LogP contribution < -0.4 is 15.2 Å². The normalized spacial score (nSPS) is 14.6. The molecule has 0 radical (unpaired) electrons. The summed E-state index contributed by atoms with van der Waals surface area (Å²) in [4.78, 5) is 17.2. The van der Waals surface area contributed by atoms with Gasteiger partial charge < -0.3 is 23.6 Å². The third-order valence-corrected chi connectivity index (χ3v) is 6.29. The average molecular weight is 511 g/mol. The van der Waals surface area contributed by atoms with E-state index in [1.54, 1.807) is 22.9 Å². The number of benzene rings is 2. The summed E-state index contributed by atoms with van der Waals surface area (Å²) in [5, 5.41) is 4.04. The molecule has 2 aromatic carbocycles. The first kappa shape index (κ1) is 24.6. The molecular weight excluding hydrogens is 485 g/mol. The largest absolute Gasteiger partial charge is 0.573 e. The summed E-state index contributed by atoms with van der Waals surface area (Å²) in [7, 11) is 2.12. The number of aromatic nitrogens is 2. The van der Waals surface area contributed by atoms with Crippen LogP contribution in [0.2, 0.25) is 0 Å². The van der Waals surface area contributed by atoms with Crippen LogP contribution in [0.3, 0.4) is 0 Å². The van der Waals surface area contributed by atoms with Crippen LogP contribution in [-0.2, 0) is 6.54 Å². The van der Waals surface area contributed by atoms with Gasteiger partial charge in [0.25, 0.3) is 5.56 Å². The van der Waals surface area contributed by atoms with Crippen LogP contribution in [0.1, 0.15) is 5.56 Å². The van der Waals surface area contributed by atoms with Crippen LogP contribution in [0.5, 0.6) is 5.75 Å². The van der Waals surface area contributed by atoms with Crippen molar-refractivity contribution in [2.75, 3.05) is 38.1 Å². The number of anilines is 1. The first-order chi connectivity index (χ1) is 17.7. The quantitative estimate of drug-likeness (QED) is 0.369. The molecule has 1 saturated heterocycles. The van der Waals surface area contributed by atoms with Gasteiger partial charge in [0, 0.05) is 61.3 Å². The van der Waals surface area contributed by atoms with E-state index in [2.05, 4.69) is 38.9 Å². The van der Waals surface area contributed by atoms with Crippen LogP contribution in [0.25, 0.3) is 22.6 Å². The second-order valence-corrected chi connectivity index (χ2v) is 8.99. The lowest BCUT2D eigenvalue weighted by Gasteiger charge is -2.34.